The molecule has 0 aromatic carbocycles. The molecule has 3 saturated carbocycles. The van der Waals surface area contributed by atoms with Crippen LogP contribution in [0.25, 0.3) is 5.65 Å². The summed E-state index contributed by atoms with van der Waals surface area (Å²) in [7, 11) is 0. The van der Waals surface area contributed by atoms with Gasteiger partial charge in [-0.15, -0.1) is 0 Å². The third kappa shape index (κ3) is 6.08. The zero-order valence-electron chi connectivity index (χ0n) is 20.8. The van der Waals surface area contributed by atoms with Gasteiger partial charge in [0.15, 0.2) is 5.65 Å². The Morgan fingerprint density at radius 2 is 1.68 bits per heavy atom. The summed E-state index contributed by atoms with van der Waals surface area (Å²) >= 11 is 0. The number of rotatable bonds is 9. The molecule has 3 aliphatic rings. The quantitative estimate of drug-likeness (QED) is 0.456. The molecule has 2 heterocycles. The van der Waals surface area contributed by atoms with Gasteiger partial charge < -0.3 is 10.6 Å². The molecular weight excluding hydrogens is 504 g/mol. The van der Waals surface area contributed by atoms with E-state index in [1.54, 1.807) is 24.5 Å². The van der Waals surface area contributed by atoms with Crippen LogP contribution in [0.3, 0.4) is 0 Å². The second-order valence-electron chi connectivity index (χ2n) is 11.0. The van der Waals surface area contributed by atoms with E-state index in [1.807, 2.05) is 0 Å². The third-order valence-electron chi connectivity index (χ3n) is 7.89. The summed E-state index contributed by atoms with van der Waals surface area (Å²) in [4.78, 5) is 29.5. The maximum Gasteiger partial charge on any atom is 0.248 e. The van der Waals surface area contributed by atoms with E-state index in [1.165, 1.54) is 4.52 Å². The molecule has 3 aliphatic carbocycles. The van der Waals surface area contributed by atoms with E-state index in [0.29, 0.717) is 11.3 Å². The normalized spacial score (nSPS) is 22.7. The molecule has 204 valence electrons. The average molecular weight is 535 g/mol. The van der Waals surface area contributed by atoms with Gasteiger partial charge in [-0.2, -0.15) is 10.4 Å². The number of halogens is 4. The molecular formula is C26H30F4N6O2. The summed E-state index contributed by atoms with van der Waals surface area (Å²) < 4.78 is 55.4. The SMILES string of the molecule is N#CCC(=O)N[C@H](c1cn2ncc([C@H](NC(=O)CC3CC(F)(F)C3)C3CC3)cc2n1)C1CCC(F)(F)CC1. The van der Waals surface area contributed by atoms with Crippen LogP contribution in [0, 0.1) is 29.1 Å². The highest BCUT2D eigenvalue weighted by molar-refractivity contribution is 5.78. The first-order chi connectivity index (χ1) is 18.0. The smallest absolute Gasteiger partial charge is 0.248 e. The number of nitriles is 1. The maximum absolute atomic E-state index is 13.8. The molecule has 0 unspecified atom stereocenters. The molecule has 0 bridgehead atoms. The van der Waals surface area contributed by atoms with Crippen molar-refractivity contribution in [2.75, 3.05) is 0 Å². The Kier molecular flexibility index (Phi) is 7.05. The Labute approximate surface area is 217 Å². The Hall–Kier alpha value is -3.23. The van der Waals surface area contributed by atoms with Gasteiger partial charge in [-0.1, -0.05) is 0 Å². The number of nitrogens with zero attached hydrogens (tertiary/aromatic N) is 4. The molecule has 0 radical (unpaired) electrons. The van der Waals surface area contributed by atoms with Crippen LogP contribution in [-0.2, 0) is 9.59 Å². The highest BCUT2D eigenvalue weighted by atomic mass is 19.3. The van der Waals surface area contributed by atoms with Crippen LogP contribution in [0.15, 0.2) is 18.5 Å². The van der Waals surface area contributed by atoms with Crippen LogP contribution >= 0.6 is 0 Å². The lowest BCUT2D eigenvalue weighted by Gasteiger charge is -2.34. The zero-order chi connectivity index (χ0) is 27.1. The van der Waals surface area contributed by atoms with Gasteiger partial charge in [0.2, 0.25) is 23.7 Å². The molecule has 0 saturated heterocycles. The standard InChI is InChI=1S/C26H30F4N6O2/c27-25(28)6-3-17(4-7-25)24(34-21(37)5-8-31)19-14-36-20(33-19)10-18(13-32-36)23(16-1-2-16)35-22(38)9-15-11-26(29,30)12-15/h10,13-17,23-24H,1-7,9,11-12H2,(H,34,37)(H,35,38)/t23-,24+/m1/s1. The summed E-state index contributed by atoms with van der Waals surface area (Å²) in [6.45, 7) is 0. The molecule has 8 nitrogen and oxygen atoms in total. The number of imidazole rings is 1. The van der Waals surface area contributed by atoms with Crippen molar-refractivity contribution >= 4 is 17.5 Å². The number of carbonyl (C=O) groups is 2. The lowest BCUT2D eigenvalue weighted by molar-refractivity contribution is -0.134. The molecule has 12 heteroatoms. The van der Waals surface area contributed by atoms with Crippen molar-refractivity contribution in [3.05, 3.63) is 29.7 Å². The summed E-state index contributed by atoms with van der Waals surface area (Å²) in [5, 5.41) is 19.1. The van der Waals surface area contributed by atoms with Gasteiger partial charge >= 0.3 is 0 Å². The van der Waals surface area contributed by atoms with Crippen molar-refractivity contribution in [1.82, 2.24) is 25.2 Å². The highest BCUT2D eigenvalue weighted by Crippen LogP contribution is 2.45. The van der Waals surface area contributed by atoms with E-state index in [2.05, 4.69) is 20.7 Å². The first-order valence-electron chi connectivity index (χ1n) is 13.1. The van der Waals surface area contributed by atoms with Crippen LogP contribution in [-0.4, -0.2) is 38.3 Å². The van der Waals surface area contributed by atoms with Crippen LogP contribution in [0.5, 0.6) is 0 Å². The Morgan fingerprint density at radius 1 is 1.03 bits per heavy atom. The molecule has 2 aromatic heterocycles. The largest absolute Gasteiger partial charge is 0.349 e. The lowest BCUT2D eigenvalue weighted by Crippen LogP contribution is -2.39. The average Bonchev–Trinajstić information content (AvgIpc) is 3.58. The number of carbonyl (C=O) groups excluding carboxylic acids is 2. The number of amides is 2. The Morgan fingerprint density at radius 3 is 2.32 bits per heavy atom. The molecule has 2 amide bonds. The van der Waals surface area contributed by atoms with E-state index >= 15 is 0 Å². The van der Waals surface area contributed by atoms with Crippen molar-refractivity contribution in [2.45, 2.75) is 88.1 Å². The van der Waals surface area contributed by atoms with E-state index in [0.717, 1.165) is 18.4 Å². The number of fused-ring (bicyclic) bond motifs is 1. The number of aromatic nitrogens is 3. The number of nitrogens with one attached hydrogen (secondary N) is 2. The van der Waals surface area contributed by atoms with Gasteiger partial charge in [0.1, 0.15) is 6.42 Å². The topological polar surface area (TPSA) is 112 Å². The van der Waals surface area contributed by atoms with Crippen molar-refractivity contribution < 1.29 is 27.2 Å². The molecule has 2 N–H and O–H groups in total. The monoisotopic (exact) mass is 534 g/mol. The van der Waals surface area contributed by atoms with Crippen LogP contribution in [0.2, 0.25) is 0 Å². The van der Waals surface area contributed by atoms with E-state index in [9.17, 15) is 27.2 Å². The van der Waals surface area contributed by atoms with Crippen molar-refractivity contribution in [2.24, 2.45) is 17.8 Å². The number of hydrogen-bond donors (Lipinski definition) is 2. The van der Waals surface area contributed by atoms with Crippen molar-refractivity contribution in [1.29, 1.82) is 5.26 Å². The zero-order valence-corrected chi connectivity index (χ0v) is 20.8. The predicted molar refractivity (Wildman–Crippen MR) is 127 cm³/mol. The minimum absolute atomic E-state index is 0.0620. The number of hydrogen-bond acceptors (Lipinski definition) is 5. The first kappa shape index (κ1) is 26.4. The summed E-state index contributed by atoms with van der Waals surface area (Å²) in [5.74, 6) is -6.51. The minimum atomic E-state index is -2.73. The van der Waals surface area contributed by atoms with Crippen LogP contribution in [0.4, 0.5) is 17.6 Å². The van der Waals surface area contributed by atoms with Gasteiger partial charge in [0.25, 0.3) is 0 Å². The Bertz CT molecular complexity index is 1240. The Balaban J connectivity index is 1.34. The van der Waals surface area contributed by atoms with Crippen LogP contribution in [0.1, 0.15) is 87.5 Å². The second kappa shape index (κ2) is 10.2. The highest BCUT2D eigenvalue weighted by Gasteiger charge is 2.46. The van der Waals surface area contributed by atoms with Gasteiger partial charge in [0, 0.05) is 32.1 Å². The molecule has 0 aliphatic heterocycles. The summed E-state index contributed by atoms with van der Waals surface area (Å²) in [6, 6.07) is 2.64. The van der Waals surface area contributed by atoms with Crippen molar-refractivity contribution in [3.8, 4) is 6.07 Å². The number of alkyl halides is 4. The minimum Gasteiger partial charge on any atom is -0.349 e. The summed E-state index contributed by atoms with van der Waals surface area (Å²) in [5.41, 5.74) is 1.68. The van der Waals surface area contributed by atoms with Gasteiger partial charge in [0.05, 0.1) is 36.2 Å². The molecule has 2 aromatic rings. The third-order valence-corrected chi connectivity index (χ3v) is 7.89. The summed E-state index contributed by atoms with van der Waals surface area (Å²) in [6.07, 6.45) is 4.18. The fourth-order valence-corrected chi connectivity index (χ4v) is 5.68. The lowest BCUT2D eigenvalue weighted by atomic mass is 9.79. The first-order valence-corrected chi connectivity index (χ1v) is 13.1. The van der Waals surface area contributed by atoms with Gasteiger partial charge in [-0.3, -0.25) is 9.59 Å². The van der Waals surface area contributed by atoms with Crippen LogP contribution < -0.4 is 10.6 Å². The fourth-order valence-electron chi connectivity index (χ4n) is 5.68. The van der Waals surface area contributed by atoms with E-state index in [4.69, 9.17) is 5.26 Å². The predicted octanol–water partition coefficient (Wildman–Crippen LogP) is 4.63. The molecule has 2 atom stereocenters. The second-order valence-corrected chi connectivity index (χ2v) is 11.0. The molecule has 5 rings (SSSR count). The molecule has 38 heavy (non-hydrogen) atoms. The maximum atomic E-state index is 13.8. The van der Waals surface area contributed by atoms with Gasteiger partial charge in [-0.05, 0) is 55.1 Å². The van der Waals surface area contributed by atoms with Gasteiger partial charge in [-0.25, -0.2) is 27.1 Å². The molecule has 0 spiro atoms. The fraction of sp³-hybridized carbons (Fsp3) is 0.654. The van der Waals surface area contributed by atoms with E-state index in [-0.39, 0.29) is 81.1 Å². The van der Waals surface area contributed by atoms with E-state index < -0.39 is 23.8 Å². The molecule has 3 fully saturated rings. The van der Waals surface area contributed by atoms with Crippen molar-refractivity contribution in [3.63, 3.8) is 0 Å².